The van der Waals surface area contributed by atoms with Crippen molar-refractivity contribution < 1.29 is 13.2 Å². The van der Waals surface area contributed by atoms with Crippen molar-refractivity contribution in [3.63, 3.8) is 0 Å². The van der Waals surface area contributed by atoms with Gasteiger partial charge in [-0.2, -0.15) is 5.26 Å². The Morgan fingerprint density at radius 1 is 1.53 bits per heavy atom. The Morgan fingerprint density at radius 2 is 2.32 bits per heavy atom. The molecule has 1 aliphatic heterocycles. The van der Waals surface area contributed by atoms with Crippen LogP contribution in [0.15, 0.2) is 29.2 Å². The van der Waals surface area contributed by atoms with Crippen LogP contribution < -0.4 is 4.72 Å². The minimum atomic E-state index is -3.60. The summed E-state index contributed by atoms with van der Waals surface area (Å²) < 4.78 is 32.3. The van der Waals surface area contributed by atoms with E-state index in [4.69, 9.17) is 10.00 Å². The van der Waals surface area contributed by atoms with Crippen molar-refractivity contribution in [3.8, 4) is 6.07 Å². The fraction of sp³-hybridized carbons (Fsp3) is 0.462. The first-order chi connectivity index (χ1) is 8.95. The van der Waals surface area contributed by atoms with E-state index in [-0.39, 0.29) is 11.4 Å². The molecule has 6 heteroatoms. The molecule has 1 heterocycles. The van der Waals surface area contributed by atoms with Crippen molar-refractivity contribution in [3.05, 3.63) is 29.8 Å². The Morgan fingerprint density at radius 3 is 2.95 bits per heavy atom. The van der Waals surface area contributed by atoms with Crippen LogP contribution >= 0.6 is 0 Å². The molecule has 0 radical (unpaired) electrons. The molecule has 0 aliphatic carbocycles. The van der Waals surface area contributed by atoms with Gasteiger partial charge >= 0.3 is 0 Å². The number of sulfonamides is 1. The quantitative estimate of drug-likeness (QED) is 0.904. The predicted molar refractivity (Wildman–Crippen MR) is 69.9 cm³/mol. The van der Waals surface area contributed by atoms with Crippen molar-refractivity contribution in [1.29, 1.82) is 5.26 Å². The zero-order valence-electron chi connectivity index (χ0n) is 10.7. The van der Waals surface area contributed by atoms with Gasteiger partial charge in [0, 0.05) is 13.2 Å². The molecule has 0 saturated carbocycles. The second-order valence-electron chi connectivity index (χ2n) is 4.87. The Hall–Kier alpha value is -1.42. The lowest BCUT2D eigenvalue weighted by atomic mass is 10.0. The molecule has 5 nitrogen and oxygen atoms in total. The number of hydrogen-bond acceptors (Lipinski definition) is 4. The van der Waals surface area contributed by atoms with Crippen molar-refractivity contribution >= 4 is 10.0 Å². The summed E-state index contributed by atoms with van der Waals surface area (Å²) in [7, 11) is -3.60. The van der Waals surface area contributed by atoms with Gasteiger partial charge in [0.15, 0.2) is 0 Å². The van der Waals surface area contributed by atoms with Crippen molar-refractivity contribution in [2.75, 3.05) is 13.2 Å². The molecule has 19 heavy (non-hydrogen) atoms. The van der Waals surface area contributed by atoms with Crippen LogP contribution in [-0.2, 0) is 14.8 Å². The molecule has 0 spiro atoms. The molecule has 1 unspecified atom stereocenters. The number of nitrogens with one attached hydrogen (secondary N) is 1. The average molecular weight is 280 g/mol. The lowest BCUT2D eigenvalue weighted by Gasteiger charge is -2.23. The number of nitrogens with zero attached hydrogens (tertiary/aromatic N) is 1. The summed E-state index contributed by atoms with van der Waals surface area (Å²) in [6.07, 6.45) is 1.79. The van der Waals surface area contributed by atoms with E-state index in [1.165, 1.54) is 12.1 Å². The largest absolute Gasteiger partial charge is 0.374 e. The molecule has 1 N–H and O–H groups in total. The molecule has 1 aromatic carbocycles. The number of benzene rings is 1. The van der Waals surface area contributed by atoms with Crippen molar-refractivity contribution in [2.45, 2.75) is 30.3 Å². The van der Waals surface area contributed by atoms with Crippen LogP contribution in [0.4, 0.5) is 0 Å². The molecule has 2 rings (SSSR count). The standard InChI is InChI=1S/C13H16N2O3S/c1-13(6-3-7-18-13)10-15-19(16,17)12-5-2-4-11(8-12)9-14/h2,4-5,8,15H,3,6-7,10H2,1H3. The van der Waals surface area contributed by atoms with Crippen LogP contribution in [0.1, 0.15) is 25.3 Å². The zero-order valence-corrected chi connectivity index (χ0v) is 11.5. The Kier molecular flexibility index (Phi) is 3.90. The molecular weight excluding hydrogens is 264 g/mol. The number of nitriles is 1. The van der Waals surface area contributed by atoms with Crippen LogP contribution in [0.3, 0.4) is 0 Å². The molecule has 0 amide bonds. The summed E-state index contributed by atoms with van der Waals surface area (Å²) in [5.74, 6) is 0. The third kappa shape index (κ3) is 3.32. The highest BCUT2D eigenvalue weighted by molar-refractivity contribution is 7.89. The Labute approximate surface area is 113 Å². The van der Waals surface area contributed by atoms with Crippen LogP contribution in [0.5, 0.6) is 0 Å². The molecule has 1 aromatic rings. The zero-order chi connectivity index (χ0) is 13.9. The fourth-order valence-corrected chi connectivity index (χ4v) is 3.24. The third-order valence-electron chi connectivity index (χ3n) is 3.21. The molecule has 1 fully saturated rings. The summed E-state index contributed by atoms with van der Waals surface area (Å²) in [6.45, 7) is 2.81. The van der Waals surface area contributed by atoms with Gasteiger partial charge in [-0.1, -0.05) is 6.07 Å². The highest BCUT2D eigenvalue weighted by atomic mass is 32.2. The van der Waals surface area contributed by atoms with E-state index in [2.05, 4.69) is 4.72 Å². The third-order valence-corrected chi connectivity index (χ3v) is 4.61. The van der Waals surface area contributed by atoms with Crippen molar-refractivity contribution in [2.24, 2.45) is 0 Å². The summed E-state index contributed by atoms with van der Waals surface area (Å²) in [5, 5.41) is 8.79. The predicted octanol–water partition coefficient (Wildman–Crippen LogP) is 1.41. The highest BCUT2D eigenvalue weighted by Gasteiger charge is 2.31. The molecular formula is C13H16N2O3S. The normalized spacial score (nSPS) is 23.2. The van der Waals surface area contributed by atoms with Crippen LogP contribution in [0.25, 0.3) is 0 Å². The summed E-state index contributed by atoms with van der Waals surface area (Å²) >= 11 is 0. The van der Waals surface area contributed by atoms with E-state index in [0.717, 1.165) is 12.8 Å². The average Bonchev–Trinajstić information content (AvgIpc) is 2.84. The maximum absolute atomic E-state index is 12.1. The van der Waals surface area contributed by atoms with Gasteiger partial charge in [0.05, 0.1) is 22.1 Å². The van der Waals surface area contributed by atoms with Gasteiger partial charge in [-0.25, -0.2) is 13.1 Å². The SMILES string of the molecule is CC1(CNS(=O)(=O)c2cccc(C#N)c2)CCCO1. The molecule has 102 valence electrons. The molecule has 1 atom stereocenters. The van der Waals surface area contributed by atoms with E-state index in [0.29, 0.717) is 12.2 Å². The first kappa shape index (κ1) is 14.0. The van der Waals surface area contributed by atoms with Crippen LogP contribution in [0, 0.1) is 11.3 Å². The molecule has 1 aliphatic rings. The maximum Gasteiger partial charge on any atom is 0.240 e. The van der Waals surface area contributed by atoms with Gasteiger partial charge in [-0.05, 0) is 38.0 Å². The second-order valence-corrected chi connectivity index (χ2v) is 6.63. The minimum Gasteiger partial charge on any atom is -0.374 e. The van der Waals surface area contributed by atoms with Crippen LogP contribution in [-0.4, -0.2) is 27.2 Å². The lowest BCUT2D eigenvalue weighted by Crippen LogP contribution is -2.40. The van der Waals surface area contributed by atoms with Gasteiger partial charge in [0.25, 0.3) is 0 Å². The van der Waals surface area contributed by atoms with E-state index in [1.807, 2.05) is 13.0 Å². The first-order valence-electron chi connectivity index (χ1n) is 6.09. The molecule has 0 aromatic heterocycles. The Balaban J connectivity index is 2.12. The van der Waals surface area contributed by atoms with Gasteiger partial charge in [0.1, 0.15) is 0 Å². The van der Waals surface area contributed by atoms with Gasteiger partial charge in [-0.15, -0.1) is 0 Å². The molecule has 0 bridgehead atoms. The van der Waals surface area contributed by atoms with E-state index >= 15 is 0 Å². The monoisotopic (exact) mass is 280 g/mol. The maximum atomic E-state index is 12.1. The van der Waals surface area contributed by atoms with E-state index in [1.54, 1.807) is 12.1 Å². The van der Waals surface area contributed by atoms with Gasteiger partial charge in [-0.3, -0.25) is 0 Å². The number of rotatable bonds is 4. The van der Waals surface area contributed by atoms with E-state index in [9.17, 15) is 8.42 Å². The number of hydrogen-bond donors (Lipinski definition) is 1. The second kappa shape index (κ2) is 5.29. The summed E-state index contributed by atoms with van der Waals surface area (Å²) in [5.41, 5.74) is -0.105. The van der Waals surface area contributed by atoms with Gasteiger partial charge < -0.3 is 4.74 Å². The lowest BCUT2D eigenvalue weighted by molar-refractivity contribution is 0.0250. The Bertz CT molecular complexity index is 599. The van der Waals surface area contributed by atoms with Gasteiger partial charge in [0.2, 0.25) is 10.0 Å². The molecule has 1 saturated heterocycles. The van der Waals surface area contributed by atoms with Crippen LogP contribution in [0.2, 0.25) is 0 Å². The number of ether oxygens (including phenoxy) is 1. The highest BCUT2D eigenvalue weighted by Crippen LogP contribution is 2.24. The van der Waals surface area contributed by atoms with E-state index < -0.39 is 15.6 Å². The minimum absolute atomic E-state index is 0.105. The summed E-state index contributed by atoms with van der Waals surface area (Å²) in [4.78, 5) is 0.105. The topological polar surface area (TPSA) is 79.2 Å². The smallest absolute Gasteiger partial charge is 0.240 e. The fourth-order valence-electron chi connectivity index (χ4n) is 2.04. The summed E-state index contributed by atoms with van der Waals surface area (Å²) in [6, 6.07) is 7.89. The van der Waals surface area contributed by atoms with Crippen molar-refractivity contribution in [1.82, 2.24) is 4.72 Å². The first-order valence-corrected chi connectivity index (χ1v) is 7.57.